The molecule has 6 heteroatoms. The Hall–Kier alpha value is -2.47. The van der Waals surface area contributed by atoms with Crippen molar-refractivity contribution >= 4 is 28.3 Å². The van der Waals surface area contributed by atoms with Crippen molar-refractivity contribution < 1.29 is 14.7 Å². The van der Waals surface area contributed by atoms with Gasteiger partial charge >= 0.3 is 5.97 Å². The van der Waals surface area contributed by atoms with Crippen molar-refractivity contribution in [3.8, 4) is 11.3 Å². The van der Waals surface area contributed by atoms with Crippen molar-refractivity contribution in [3.05, 3.63) is 46.9 Å². The number of rotatable bonds is 5. The molecule has 4 rings (SSSR count). The van der Waals surface area contributed by atoms with E-state index in [9.17, 15) is 14.7 Å². The van der Waals surface area contributed by atoms with E-state index >= 15 is 0 Å². The first-order chi connectivity index (χ1) is 13.3. The number of hydrogen-bond donors (Lipinski definition) is 2. The number of carbonyl (C=O) groups is 2. The van der Waals surface area contributed by atoms with Crippen molar-refractivity contribution in [2.45, 2.75) is 33.1 Å². The third kappa shape index (κ3) is 3.26. The van der Waals surface area contributed by atoms with Gasteiger partial charge in [0.1, 0.15) is 0 Å². The minimum absolute atomic E-state index is 0.00945. The number of nitrogens with zero attached hydrogens (tertiary/aromatic N) is 1. The lowest BCUT2D eigenvalue weighted by atomic mass is 9.82. The Morgan fingerprint density at radius 3 is 2.39 bits per heavy atom. The molecule has 2 bridgehead atoms. The molecule has 146 valence electrons. The third-order valence-electron chi connectivity index (χ3n) is 5.92. The minimum atomic E-state index is -0.891. The lowest BCUT2D eigenvalue weighted by Crippen LogP contribution is -2.36. The number of amides is 1. The van der Waals surface area contributed by atoms with Crippen molar-refractivity contribution in [3.63, 3.8) is 0 Å². The van der Waals surface area contributed by atoms with Gasteiger partial charge in [-0.2, -0.15) is 0 Å². The summed E-state index contributed by atoms with van der Waals surface area (Å²) in [5.74, 6) is -1.84. The van der Waals surface area contributed by atoms with Gasteiger partial charge in [0.2, 0.25) is 5.91 Å². The second kappa shape index (κ2) is 7.17. The number of aromatic nitrogens is 1. The number of thiazole rings is 1. The molecule has 0 radical (unpaired) electrons. The van der Waals surface area contributed by atoms with Crippen LogP contribution in [0.5, 0.6) is 0 Å². The number of aliphatic carboxylic acids is 1. The van der Waals surface area contributed by atoms with E-state index in [2.05, 4.69) is 48.4 Å². The fourth-order valence-electron chi connectivity index (χ4n) is 4.45. The van der Waals surface area contributed by atoms with E-state index in [0.29, 0.717) is 11.0 Å². The molecule has 2 aromatic rings. The molecule has 2 N–H and O–H groups in total. The summed E-state index contributed by atoms with van der Waals surface area (Å²) in [6.45, 7) is 6.30. The van der Waals surface area contributed by atoms with E-state index < -0.39 is 17.8 Å². The van der Waals surface area contributed by atoms with Crippen LogP contribution in [0.2, 0.25) is 0 Å². The highest BCUT2D eigenvalue weighted by Crippen LogP contribution is 2.48. The molecule has 2 aliphatic rings. The lowest BCUT2D eigenvalue weighted by Gasteiger charge is -2.23. The molecule has 5 nitrogen and oxygen atoms in total. The first-order valence-corrected chi connectivity index (χ1v) is 10.5. The zero-order valence-corrected chi connectivity index (χ0v) is 17.0. The predicted molar refractivity (Wildman–Crippen MR) is 110 cm³/mol. The Labute approximate surface area is 168 Å². The van der Waals surface area contributed by atoms with Crippen LogP contribution in [0.3, 0.4) is 0 Å². The predicted octanol–water partition coefficient (Wildman–Crippen LogP) is 4.70. The van der Waals surface area contributed by atoms with E-state index in [-0.39, 0.29) is 17.7 Å². The van der Waals surface area contributed by atoms with Gasteiger partial charge in [-0.05, 0) is 36.7 Å². The fourth-order valence-corrected chi connectivity index (χ4v) is 5.29. The second-order valence-corrected chi connectivity index (χ2v) is 9.23. The summed E-state index contributed by atoms with van der Waals surface area (Å²) in [7, 11) is 0. The molecule has 1 amide bonds. The van der Waals surface area contributed by atoms with Gasteiger partial charge in [0.05, 0.1) is 17.5 Å². The first-order valence-electron chi connectivity index (χ1n) is 9.65. The van der Waals surface area contributed by atoms with Crippen LogP contribution in [0.1, 0.15) is 36.6 Å². The summed E-state index contributed by atoms with van der Waals surface area (Å²) in [4.78, 5) is 30.1. The van der Waals surface area contributed by atoms with Gasteiger partial charge < -0.3 is 10.4 Å². The van der Waals surface area contributed by atoms with Crippen molar-refractivity contribution in [2.24, 2.45) is 23.7 Å². The molecule has 0 aliphatic heterocycles. The van der Waals surface area contributed by atoms with Gasteiger partial charge in [-0.15, -0.1) is 11.3 Å². The molecule has 0 unspecified atom stereocenters. The summed E-state index contributed by atoms with van der Waals surface area (Å²) in [6, 6.07) is 8.33. The molecule has 1 aromatic carbocycles. The van der Waals surface area contributed by atoms with E-state index in [1.54, 1.807) is 0 Å². The lowest BCUT2D eigenvalue weighted by molar-refractivity contribution is -0.146. The number of carboxylic acid groups (broad SMARTS) is 1. The summed E-state index contributed by atoms with van der Waals surface area (Å²) in [6.07, 6.45) is 4.68. The van der Waals surface area contributed by atoms with Crippen LogP contribution in [0.25, 0.3) is 11.3 Å². The van der Waals surface area contributed by atoms with Crippen molar-refractivity contribution in [2.75, 3.05) is 5.32 Å². The van der Waals surface area contributed by atoms with E-state index in [0.717, 1.165) is 22.6 Å². The standard InChI is InChI=1S/C22H24N2O3S/c1-11(2)13-4-6-14(7-5-13)19-12(3)28-22(23-19)24-20(25)17-15-8-9-16(10-15)18(17)21(26)27/h4-9,11,15-18H,10H2,1-3H3,(H,26,27)(H,23,24,25)/t15-,16-,17+,18+/m0/s1. The SMILES string of the molecule is Cc1sc(NC(=O)[C@H]2[C@H](C(=O)O)[C@H]3C=C[C@H]2C3)nc1-c1ccc(C(C)C)cc1. The highest BCUT2D eigenvalue weighted by atomic mass is 32.1. The maximum atomic E-state index is 12.9. The largest absolute Gasteiger partial charge is 0.481 e. The fraction of sp³-hybridized carbons (Fsp3) is 0.409. The number of allylic oxidation sites excluding steroid dienone is 2. The Kier molecular flexibility index (Phi) is 4.83. The van der Waals surface area contributed by atoms with Gasteiger partial charge in [0.15, 0.2) is 5.13 Å². The van der Waals surface area contributed by atoms with Gasteiger partial charge in [0.25, 0.3) is 0 Å². The van der Waals surface area contributed by atoms with Crippen LogP contribution in [0.4, 0.5) is 5.13 Å². The molecular formula is C22H24N2O3S. The molecule has 2 aliphatic carbocycles. The quantitative estimate of drug-likeness (QED) is 0.718. The average Bonchev–Trinajstić information content (AvgIpc) is 3.35. The van der Waals surface area contributed by atoms with Crippen LogP contribution < -0.4 is 5.32 Å². The Bertz CT molecular complexity index is 945. The van der Waals surface area contributed by atoms with Gasteiger partial charge in [-0.25, -0.2) is 4.98 Å². The zero-order chi connectivity index (χ0) is 20.0. The van der Waals surface area contributed by atoms with Crippen LogP contribution in [0.15, 0.2) is 36.4 Å². The number of nitrogens with one attached hydrogen (secondary N) is 1. The van der Waals surface area contributed by atoms with E-state index in [1.807, 2.05) is 19.1 Å². The molecule has 1 aromatic heterocycles. The number of carboxylic acids is 1. The highest BCUT2D eigenvalue weighted by Gasteiger charge is 2.51. The number of carbonyl (C=O) groups excluding carboxylic acids is 1. The number of fused-ring (bicyclic) bond motifs is 2. The van der Waals surface area contributed by atoms with Gasteiger partial charge in [-0.1, -0.05) is 50.3 Å². The number of aryl methyl sites for hydroxylation is 1. The average molecular weight is 397 g/mol. The number of anilines is 1. The molecule has 1 heterocycles. The Morgan fingerprint density at radius 1 is 1.14 bits per heavy atom. The topological polar surface area (TPSA) is 79.3 Å². The van der Waals surface area contributed by atoms with E-state index in [4.69, 9.17) is 0 Å². The van der Waals surface area contributed by atoms with Gasteiger partial charge in [0, 0.05) is 10.4 Å². The maximum Gasteiger partial charge on any atom is 0.307 e. The minimum Gasteiger partial charge on any atom is -0.481 e. The molecule has 4 atom stereocenters. The molecule has 1 saturated carbocycles. The smallest absolute Gasteiger partial charge is 0.307 e. The maximum absolute atomic E-state index is 12.9. The number of benzene rings is 1. The molecule has 1 fully saturated rings. The van der Waals surface area contributed by atoms with Crippen LogP contribution in [-0.2, 0) is 9.59 Å². The van der Waals surface area contributed by atoms with Crippen molar-refractivity contribution in [1.29, 1.82) is 0 Å². The van der Waals surface area contributed by atoms with Crippen LogP contribution in [0, 0.1) is 30.6 Å². The van der Waals surface area contributed by atoms with E-state index in [1.165, 1.54) is 16.9 Å². The normalized spacial score (nSPS) is 25.4. The summed E-state index contributed by atoms with van der Waals surface area (Å²) in [5.41, 5.74) is 3.15. The first kappa shape index (κ1) is 18.9. The van der Waals surface area contributed by atoms with Crippen molar-refractivity contribution in [1.82, 2.24) is 4.98 Å². The van der Waals surface area contributed by atoms with Crippen LogP contribution >= 0.6 is 11.3 Å². The molecule has 0 spiro atoms. The molecular weight excluding hydrogens is 372 g/mol. The Balaban J connectivity index is 1.53. The third-order valence-corrected chi connectivity index (χ3v) is 6.81. The summed E-state index contributed by atoms with van der Waals surface area (Å²) in [5, 5.41) is 13.0. The Morgan fingerprint density at radius 2 is 1.79 bits per heavy atom. The number of hydrogen-bond acceptors (Lipinski definition) is 4. The summed E-state index contributed by atoms with van der Waals surface area (Å²) >= 11 is 1.43. The van der Waals surface area contributed by atoms with Gasteiger partial charge in [-0.3, -0.25) is 9.59 Å². The van der Waals surface area contributed by atoms with Crippen LogP contribution in [-0.4, -0.2) is 22.0 Å². The highest BCUT2D eigenvalue weighted by molar-refractivity contribution is 7.16. The molecule has 0 saturated heterocycles. The second-order valence-electron chi connectivity index (χ2n) is 8.03. The monoisotopic (exact) mass is 396 g/mol. The molecule has 28 heavy (non-hydrogen) atoms. The zero-order valence-electron chi connectivity index (χ0n) is 16.2. The summed E-state index contributed by atoms with van der Waals surface area (Å²) < 4.78 is 0.